The van der Waals surface area contributed by atoms with E-state index in [9.17, 15) is 13.2 Å². The highest BCUT2D eigenvalue weighted by Gasteiger charge is 2.39. The Hall–Kier alpha value is -1.03. The van der Waals surface area contributed by atoms with Gasteiger partial charge < -0.3 is 4.90 Å². The predicted molar refractivity (Wildman–Crippen MR) is 93.3 cm³/mol. The van der Waals surface area contributed by atoms with Gasteiger partial charge in [-0.05, 0) is 19.8 Å². The lowest BCUT2D eigenvalue weighted by molar-refractivity contribution is -0.136. The van der Waals surface area contributed by atoms with Gasteiger partial charge in [-0.2, -0.15) is 4.31 Å². The van der Waals surface area contributed by atoms with Gasteiger partial charge in [0.1, 0.15) is 6.04 Å². The molecule has 1 aromatic rings. The standard InChI is InChI=1S/C15H24N4O3S2/c1-12-16-13(11-23-12)10-17-6-8-18(9-7-17)15(20)14-4-3-5-19(14)24(2,21)22/h11,14H,3-10H2,1-2H3. The molecule has 3 rings (SSSR count). The van der Waals surface area contributed by atoms with E-state index in [0.29, 0.717) is 26.1 Å². The summed E-state index contributed by atoms with van der Waals surface area (Å²) in [6.45, 7) is 6.16. The van der Waals surface area contributed by atoms with Crippen molar-refractivity contribution in [3.05, 3.63) is 16.1 Å². The Morgan fingerprint density at radius 3 is 2.58 bits per heavy atom. The minimum absolute atomic E-state index is 0.0397. The largest absolute Gasteiger partial charge is 0.339 e. The third-order valence-corrected chi connectivity index (χ3v) is 6.76. The fourth-order valence-corrected chi connectivity index (χ4v) is 5.15. The van der Waals surface area contributed by atoms with Crippen LogP contribution in [0.25, 0.3) is 0 Å². The van der Waals surface area contributed by atoms with Gasteiger partial charge in [-0.1, -0.05) is 0 Å². The third-order valence-electron chi connectivity index (χ3n) is 4.65. The zero-order chi connectivity index (χ0) is 17.3. The highest BCUT2D eigenvalue weighted by Crippen LogP contribution is 2.23. The fraction of sp³-hybridized carbons (Fsp3) is 0.733. The van der Waals surface area contributed by atoms with Gasteiger partial charge in [-0.15, -0.1) is 11.3 Å². The van der Waals surface area contributed by atoms with Crippen LogP contribution in [0.1, 0.15) is 23.5 Å². The van der Waals surface area contributed by atoms with E-state index in [1.165, 1.54) is 10.6 Å². The third kappa shape index (κ3) is 3.96. The molecule has 0 N–H and O–H groups in total. The SMILES string of the molecule is Cc1nc(CN2CCN(C(=O)C3CCCN3S(C)(=O)=O)CC2)cs1. The maximum absolute atomic E-state index is 12.7. The summed E-state index contributed by atoms with van der Waals surface area (Å²) in [5, 5.41) is 3.15. The van der Waals surface area contributed by atoms with E-state index in [0.717, 1.165) is 36.8 Å². The summed E-state index contributed by atoms with van der Waals surface area (Å²) in [5.41, 5.74) is 1.08. The molecule has 1 atom stereocenters. The van der Waals surface area contributed by atoms with Gasteiger partial charge in [0.05, 0.1) is 17.0 Å². The van der Waals surface area contributed by atoms with Crippen LogP contribution in [-0.2, 0) is 21.4 Å². The Bertz CT molecular complexity index is 695. The van der Waals surface area contributed by atoms with Crippen LogP contribution < -0.4 is 0 Å². The Balaban J connectivity index is 1.55. The molecule has 24 heavy (non-hydrogen) atoms. The van der Waals surface area contributed by atoms with E-state index >= 15 is 0 Å². The maximum atomic E-state index is 12.7. The van der Waals surface area contributed by atoms with E-state index in [1.54, 1.807) is 11.3 Å². The first-order valence-corrected chi connectivity index (χ1v) is 11.0. The van der Waals surface area contributed by atoms with Gasteiger partial charge in [-0.25, -0.2) is 13.4 Å². The smallest absolute Gasteiger partial charge is 0.241 e. The molecule has 0 aromatic carbocycles. The molecule has 7 nitrogen and oxygen atoms in total. The Morgan fingerprint density at radius 1 is 1.29 bits per heavy atom. The molecule has 2 fully saturated rings. The monoisotopic (exact) mass is 372 g/mol. The summed E-state index contributed by atoms with van der Waals surface area (Å²) in [4.78, 5) is 21.3. The second kappa shape index (κ2) is 7.07. The average Bonchev–Trinajstić information content (AvgIpc) is 3.16. The summed E-state index contributed by atoms with van der Waals surface area (Å²) < 4.78 is 25.0. The van der Waals surface area contributed by atoms with Crippen LogP contribution in [0.2, 0.25) is 0 Å². The molecule has 1 aromatic heterocycles. The number of nitrogens with zero attached hydrogens (tertiary/aromatic N) is 4. The van der Waals surface area contributed by atoms with Crippen LogP contribution in [0.15, 0.2) is 5.38 Å². The van der Waals surface area contributed by atoms with E-state index in [1.807, 2.05) is 11.8 Å². The molecule has 134 valence electrons. The van der Waals surface area contributed by atoms with Crippen molar-refractivity contribution in [3.63, 3.8) is 0 Å². The lowest BCUT2D eigenvalue weighted by Crippen LogP contribution is -2.54. The molecule has 1 unspecified atom stereocenters. The summed E-state index contributed by atoms with van der Waals surface area (Å²) in [5.74, 6) is -0.0397. The fourth-order valence-electron chi connectivity index (χ4n) is 3.43. The number of aromatic nitrogens is 1. The van der Waals surface area contributed by atoms with E-state index in [2.05, 4.69) is 15.3 Å². The maximum Gasteiger partial charge on any atom is 0.241 e. The molecule has 0 bridgehead atoms. The number of rotatable bonds is 4. The Morgan fingerprint density at radius 2 is 2.00 bits per heavy atom. The number of thiazole rings is 1. The zero-order valence-corrected chi connectivity index (χ0v) is 15.8. The number of aryl methyl sites for hydroxylation is 1. The number of hydrogen-bond acceptors (Lipinski definition) is 6. The lowest BCUT2D eigenvalue weighted by Gasteiger charge is -2.36. The van der Waals surface area contributed by atoms with Gasteiger partial charge >= 0.3 is 0 Å². The van der Waals surface area contributed by atoms with E-state index in [4.69, 9.17) is 0 Å². The van der Waals surface area contributed by atoms with Crippen molar-refractivity contribution in [2.75, 3.05) is 39.0 Å². The van der Waals surface area contributed by atoms with Gasteiger partial charge in [-0.3, -0.25) is 9.69 Å². The van der Waals surface area contributed by atoms with Gasteiger partial charge in [0.15, 0.2) is 0 Å². The molecule has 0 spiro atoms. The summed E-state index contributed by atoms with van der Waals surface area (Å²) in [6, 6.07) is -0.507. The number of carbonyl (C=O) groups excluding carboxylic acids is 1. The highest BCUT2D eigenvalue weighted by atomic mass is 32.2. The summed E-state index contributed by atoms with van der Waals surface area (Å²) >= 11 is 1.65. The van der Waals surface area contributed by atoms with Gasteiger partial charge in [0.25, 0.3) is 0 Å². The second-order valence-corrected chi connectivity index (χ2v) is 9.49. The first-order chi connectivity index (χ1) is 11.3. The molecule has 2 aliphatic heterocycles. The van der Waals surface area contributed by atoms with Crippen LogP contribution in [-0.4, -0.2) is 78.4 Å². The molecule has 1 amide bonds. The lowest BCUT2D eigenvalue weighted by atomic mass is 10.2. The minimum Gasteiger partial charge on any atom is -0.339 e. The number of amides is 1. The molecule has 0 radical (unpaired) electrons. The van der Waals surface area contributed by atoms with Crippen molar-refractivity contribution >= 4 is 27.3 Å². The van der Waals surface area contributed by atoms with Crippen molar-refractivity contribution < 1.29 is 13.2 Å². The minimum atomic E-state index is -3.32. The quantitative estimate of drug-likeness (QED) is 0.770. The first kappa shape index (κ1) is 17.8. The van der Waals surface area contributed by atoms with Crippen LogP contribution in [0.5, 0.6) is 0 Å². The molecule has 0 aliphatic carbocycles. The number of hydrogen-bond donors (Lipinski definition) is 0. The first-order valence-electron chi connectivity index (χ1n) is 8.23. The van der Waals surface area contributed by atoms with Gasteiger partial charge in [0.2, 0.25) is 15.9 Å². The van der Waals surface area contributed by atoms with Crippen LogP contribution in [0, 0.1) is 6.92 Å². The average molecular weight is 373 g/mol. The predicted octanol–water partition coefficient (Wildman–Crippen LogP) is 0.520. The van der Waals surface area contributed by atoms with Crippen molar-refractivity contribution in [2.24, 2.45) is 0 Å². The normalized spacial score (nSPS) is 23.8. The Kier molecular flexibility index (Phi) is 5.24. The summed E-state index contributed by atoms with van der Waals surface area (Å²) in [6.07, 6.45) is 2.57. The molecule has 3 heterocycles. The molecule has 0 saturated carbocycles. The number of sulfonamides is 1. The van der Waals surface area contributed by atoms with Crippen molar-refractivity contribution in [1.82, 2.24) is 19.1 Å². The van der Waals surface area contributed by atoms with Crippen molar-refractivity contribution in [2.45, 2.75) is 32.4 Å². The molecular weight excluding hydrogens is 348 g/mol. The topological polar surface area (TPSA) is 73.8 Å². The second-order valence-electron chi connectivity index (χ2n) is 6.49. The molecule has 9 heteroatoms. The summed E-state index contributed by atoms with van der Waals surface area (Å²) in [7, 11) is -3.32. The molecule has 2 saturated heterocycles. The van der Waals surface area contributed by atoms with E-state index < -0.39 is 16.1 Å². The number of piperazine rings is 1. The zero-order valence-electron chi connectivity index (χ0n) is 14.1. The van der Waals surface area contributed by atoms with Crippen molar-refractivity contribution in [1.29, 1.82) is 0 Å². The molecular formula is C15H24N4O3S2. The van der Waals surface area contributed by atoms with Crippen molar-refractivity contribution in [3.8, 4) is 0 Å². The van der Waals surface area contributed by atoms with Crippen LogP contribution in [0.4, 0.5) is 0 Å². The number of carbonyl (C=O) groups is 1. The van der Waals surface area contributed by atoms with Gasteiger partial charge in [0, 0.05) is 44.6 Å². The highest BCUT2D eigenvalue weighted by molar-refractivity contribution is 7.88. The van der Waals surface area contributed by atoms with E-state index in [-0.39, 0.29) is 5.91 Å². The molecule has 2 aliphatic rings. The Labute approximate surface area is 147 Å². The van der Waals surface area contributed by atoms with Crippen LogP contribution in [0.3, 0.4) is 0 Å². The van der Waals surface area contributed by atoms with Crippen LogP contribution >= 0.6 is 11.3 Å².